The minimum Gasteiger partial charge on any atom is -0.480 e. The fourth-order valence-corrected chi connectivity index (χ4v) is 2.54. The molecule has 1 heterocycles. The first kappa shape index (κ1) is 18.3. The molecule has 2 aromatic rings. The molecule has 2 N–H and O–H groups in total. The highest BCUT2D eigenvalue weighted by Gasteiger charge is 2.22. The Bertz CT molecular complexity index is 776. The van der Waals surface area contributed by atoms with Crippen molar-refractivity contribution in [3.63, 3.8) is 0 Å². The Morgan fingerprint density at radius 2 is 2.08 bits per heavy atom. The first-order chi connectivity index (χ1) is 11.3. The third-order valence-electron chi connectivity index (χ3n) is 3.19. The summed E-state index contributed by atoms with van der Waals surface area (Å²) in [5.41, 5.74) is 1.29. The molecular formula is C15H15Cl2N3O4. The van der Waals surface area contributed by atoms with Crippen LogP contribution >= 0.6 is 23.2 Å². The van der Waals surface area contributed by atoms with Crippen molar-refractivity contribution in [1.82, 2.24) is 15.1 Å². The second kappa shape index (κ2) is 7.65. The maximum absolute atomic E-state index is 12.2. The molecule has 1 amide bonds. The molecule has 0 aliphatic rings. The number of nitrogens with one attached hydrogen (secondary N) is 1. The van der Waals surface area contributed by atoms with Crippen molar-refractivity contribution in [2.45, 2.75) is 13.0 Å². The summed E-state index contributed by atoms with van der Waals surface area (Å²) >= 11 is 12.0. The largest absolute Gasteiger partial charge is 0.480 e. The summed E-state index contributed by atoms with van der Waals surface area (Å²) in [5, 5.41) is 16.5. The normalized spacial score (nSPS) is 12.0. The number of hydrogen-bond donors (Lipinski definition) is 2. The lowest BCUT2D eigenvalue weighted by Crippen LogP contribution is -2.44. The standard InChI is InChI=1S/C15H15Cl2N3O4/c1-8-5-11(14(21)18-12(7-24-2)15(22)23)19-20(8)13-4-3-9(16)6-10(13)17/h3-6,12H,7H2,1-2H3,(H,18,21)(H,22,23). The SMILES string of the molecule is COCC(NC(=O)c1cc(C)n(-c2ccc(Cl)cc2Cl)n1)C(=O)O. The molecule has 1 unspecified atom stereocenters. The van der Waals surface area contributed by atoms with Crippen molar-refractivity contribution in [3.05, 3.63) is 45.7 Å². The molecule has 0 fully saturated rings. The zero-order chi connectivity index (χ0) is 17.9. The van der Waals surface area contributed by atoms with E-state index in [1.165, 1.54) is 17.9 Å². The van der Waals surface area contributed by atoms with E-state index in [1.54, 1.807) is 25.1 Å². The number of carboxylic acids is 1. The Morgan fingerprint density at radius 3 is 2.67 bits per heavy atom. The van der Waals surface area contributed by atoms with Crippen LogP contribution in [0.2, 0.25) is 10.0 Å². The number of aromatic nitrogens is 2. The summed E-state index contributed by atoms with van der Waals surface area (Å²) in [6, 6.07) is 5.27. The number of aliphatic carboxylic acids is 1. The van der Waals surface area contributed by atoms with Gasteiger partial charge >= 0.3 is 5.97 Å². The van der Waals surface area contributed by atoms with Gasteiger partial charge in [-0.25, -0.2) is 9.48 Å². The van der Waals surface area contributed by atoms with E-state index in [4.69, 9.17) is 33.0 Å². The third kappa shape index (κ3) is 4.05. The number of halogens is 2. The van der Waals surface area contributed by atoms with Crippen molar-refractivity contribution >= 4 is 35.1 Å². The van der Waals surface area contributed by atoms with Crippen molar-refractivity contribution in [1.29, 1.82) is 0 Å². The highest BCUT2D eigenvalue weighted by atomic mass is 35.5. The van der Waals surface area contributed by atoms with Crippen LogP contribution in [0.25, 0.3) is 5.69 Å². The number of carboxylic acid groups (broad SMARTS) is 1. The highest BCUT2D eigenvalue weighted by molar-refractivity contribution is 6.35. The Labute approximate surface area is 148 Å². The lowest BCUT2D eigenvalue weighted by Gasteiger charge is -2.12. The number of carbonyl (C=O) groups is 2. The van der Waals surface area contributed by atoms with Crippen LogP contribution < -0.4 is 5.32 Å². The molecule has 7 nitrogen and oxygen atoms in total. The van der Waals surface area contributed by atoms with Gasteiger partial charge in [0, 0.05) is 17.8 Å². The van der Waals surface area contributed by atoms with E-state index in [0.29, 0.717) is 21.4 Å². The van der Waals surface area contributed by atoms with E-state index in [9.17, 15) is 9.59 Å². The van der Waals surface area contributed by atoms with Crippen molar-refractivity contribution in [2.24, 2.45) is 0 Å². The molecule has 0 spiro atoms. The van der Waals surface area contributed by atoms with Gasteiger partial charge < -0.3 is 15.2 Å². The van der Waals surface area contributed by atoms with Gasteiger partial charge in [-0.05, 0) is 31.2 Å². The first-order valence-corrected chi connectivity index (χ1v) is 7.63. The summed E-state index contributed by atoms with van der Waals surface area (Å²) in [6.45, 7) is 1.60. The zero-order valence-electron chi connectivity index (χ0n) is 12.9. The van der Waals surface area contributed by atoms with Gasteiger partial charge in [-0.2, -0.15) is 5.10 Å². The Hall–Kier alpha value is -2.09. The van der Waals surface area contributed by atoms with Crippen molar-refractivity contribution in [2.75, 3.05) is 13.7 Å². The number of ether oxygens (including phenoxy) is 1. The monoisotopic (exact) mass is 371 g/mol. The number of nitrogens with zero attached hydrogens (tertiary/aromatic N) is 2. The van der Waals surface area contributed by atoms with Crippen LogP contribution in [-0.4, -0.2) is 46.5 Å². The van der Waals surface area contributed by atoms with Crippen molar-refractivity contribution in [3.8, 4) is 5.69 Å². The predicted molar refractivity (Wildman–Crippen MR) is 89.1 cm³/mol. The number of benzene rings is 1. The van der Waals surface area contributed by atoms with Crippen LogP contribution in [-0.2, 0) is 9.53 Å². The lowest BCUT2D eigenvalue weighted by atomic mass is 10.3. The van der Waals surface area contributed by atoms with Gasteiger partial charge in [-0.15, -0.1) is 0 Å². The average molecular weight is 372 g/mol. The van der Waals surface area contributed by atoms with Crippen LogP contribution in [0.4, 0.5) is 0 Å². The summed E-state index contributed by atoms with van der Waals surface area (Å²) in [4.78, 5) is 23.3. The molecule has 24 heavy (non-hydrogen) atoms. The van der Waals surface area contributed by atoms with Crippen molar-refractivity contribution < 1.29 is 19.4 Å². The molecule has 1 atom stereocenters. The van der Waals surface area contributed by atoms with Gasteiger partial charge in [0.2, 0.25) is 0 Å². The molecular weight excluding hydrogens is 357 g/mol. The van der Waals surface area contributed by atoms with E-state index >= 15 is 0 Å². The molecule has 128 valence electrons. The minimum atomic E-state index is -1.19. The second-order valence-electron chi connectivity index (χ2n) is 5.00. The number of carbonyl (C=O) groups excluding carboxylic acids is 1. The Kier molecular flexibility index (Phi) is 5.82. The summed E-state index contributed by atoms with van der Waals surface area (Å²) in [6.07, 6.45) is 0. The topological polar surface area (TPSA) is 93.5 Å². The van der Waals surface area contributed by atoms with Crippen LogP contribution in [0, 0.1) is 6.92 Å². The second-order valence-corrected chi connectivity index (χ2v) is 5.84. The van der Waals surface area contributed by atoms with Gasteiger partial charge in [0.15, 0.2) is 11.7 Å². The predicted octanol–water partition coefficient (Wildman–Crippen LogP) is 2.32. The maximum atomic E-state index is 12.2. The van der Waals surface area contributed by atoms with Crippen LogP contribution in [0.5, 0.6) is 0 Å². The lowest BCUT2D eigenvalue weighted by molar-refractivity contribution is -0.140. The molecule has 0 saturated carbocycles. The van der Waals surface area contributed by atoms with E-state index in [0.717, 1.165) is 0 Å². The number of amides is 1. The molecule has 1 aromatic heterocycles. The number of hydrogen-bond acceptors (Lipinski definition) is 4. The van der Waals surface area contributed by atoms with E-state index < -0.39 is 17.9 Å². The summed E-state index contributed by atoms with van der Waals surface area (Å²) in [5.74, 6) is -1.81. The zero-order valence-corrected chi connectivity index (χ0v) is 14.4. The molecule has 0 aliphatic heterocycles. The third-order valence-corrected chi connectivity index (χ3v) is 3.73. The average Bonchev–Trinajstić information content (AvgIpc) is 2.88. The van der Waals surface area contributed by atoms with E-state index in [2.05, 4.69) is 10.4 Å². The van der Waals surface area contributed by atoms with Gasteiger partial charge in [-0.3, -0.25) is 4.79 Å². The first-order valence-electron chi connectivity index (χ1n) is 6.88. The number of aryl methyl sites for hydroxylation is 1. The number of methoxy groups -OCH3 is 1. The molecule has 2 rings (SSSR count). The smallest absolute Gasteiger partial charge is 0.328 e. The summed E-state index contributed by atoms with van der Waals surface area (Å²) in [7, 11) is 1.35. The van der Waals surface area contributed by atoms with Gasteiger partial charge in [0.25, 0.3) is 5.91 Å². The summed E-state index contributed by atoms with van der Waals surface area (Å²) < 4.78 is 6.26. The van der Waals surface area contributed by atoms with Crippen LogP contribution in [0.1, 0.15) is 16.2 Å². The van der Waals surface area contributed by atoms with Gasteiger partial charge in [0.1, 0.15) is 0 Å². The fraction of sp³-hybridized carbons (Fsp3) is 0.267. The highest BCUT2D eigenvalue weighted by Crippen LogP contribution is 2.25. The van der Waals surface area contributed by atoms with E-state index in [1.807, 2.05) is 0 Å². The van der Waals surface area contributed by atoms with E-state index in [-0.39, 0.29) is 12.3 Å². The fourth-order valence-electron chi connectivity index (χ4n) is 2.06. The van der Waals surface area contributed by atoms with Gasteiger partial charge in [0.05, 0.1) is 17.3 Å². The molecule has 1 aromatic carbocycles. The maximum Gasteiger partial charge on any atom is 0.328 e. The molecule has 9 heteroatoms. The Balaban J connectivity index is 2.27. The Morgan fingerprint density at radius 1 is 1.38 bits per heavy atom. The van der Waals surface area contributed by atoms with Crippen LogP contribution in [0.15, 0.2) is 24.3 Å². The molecule has 0 aliphatic carbocycles. The quantitative estimate of drug-likeness (QED) is 0.812. The molecule has 0 radical (unpaired) electrons. The molecule has 0 saturated heterocycles. The van der Waals surface area contributed by atoms with Gasteiger partial charge in [-0.1, -0.05) is 23.2 Å². The minimum absolute atomic E-state index is 0.0702. The number of rotatable bonds is 6. The van der Waals surface area contributed by atoms with Crippen LogP contribution in [0.3, 0.4) is 0 Å². The molecule has 0 bridgehead atoms.